The molecule has 0 aliphatic carbocycles. The van der Waals surface area contributed by atoms with E-state index in [-0.39, 0.29) is 0 Å². The topological polar surface area (TPSA) is 88.3 Å². The van der Waals surface area contributed by atoms with Crippen LogP contribution >= 0.6 is 11.8 Å². The molecule has 1 fully saturated rings. The lowest BCUT2D eigenvalue weighted by atomic mass is 10.2. The van der Waals surface area contributed by atoms with Crippen molar-refractivity contribution in [1.82, 2.24) is 9.97 Å². The number of aromatic nitrogens is 2. The molecule has 8 heteroatoms. The maximum atomic E-state index is 5.88. The summed E-state index contributed by atoms with van der Waals surface area (Å²) in [6.45, 7) is 3.40. The number of nitrogens with one attached hydrogen (secondary N) is 2. The fourth-order valence-electron chi connectivity index (χ4n) is 3.13. The molecule has 0 saturated carbocycles. The number of thioether (sulfide) groups is 1. The minimum Gasteiger partial charge on any atom is -0.399 e. The van der Waals surface area contributed by atoms with Crippen LogP contribution in [0.4, 0.5) is 34.5 Å². The van der Waals surface area contributed by atoms with Crippen LogP contribution < -0.4 is 21.3 Å². The van der Waals surface area contributed by atoms with Gasteiger partial charge in [-0.15, -0.1) is 11.8 Å². The molecule has 4 rings (SSSR count). The average molecular weight is 409 g/mol. The zero-order valence-electron chi connectivity index (χ0n) is 16.3. The van der Waals surface area contributed by atoms with E-state index in [1.807, 2.05) is 48.9 Å². The van der Waals surface area contributed by atoms with Crippen LogP contribution in [0, 0.1) is 0 Å². The third-order valence-corrected chi connectivity index (χ3v) is 5.36. The Labute approximate surface area is 174 Å². The smallest absolute Gasteiger partial charge is 0.229 e. The third-order valence-electron chi connectivity index (χ3n) is 4.62. The van der Waals surface area contributed by atoms with Gasteiger partial charge in [-0.3, -0.25) is 0 Å². The van der Waals surface area contributed by atoms with Crippen LogP contribution in [0.1, 0.15) is 0 Å². The van der Waals surface area contributed by atoms with Gasteiger partial charge in [0.15, 0.2) is 0 Å². The minimum atomic E-state index is 0.535. The van der Waals surface area contributed by atoms with Gasteiger partial charge in [0.05, 0.1) is 18.1 Å². The molecule has 150 valence electrons. The van der Waals surface area contributed by atoms with E-state index in [2.05, 4.69) is 37.6 Å². The molecule has 0 atom stereocenters. The van der Waals surface area contributed by atoms with Gasteiger partial charge >= 0.3 is 0 Å². The first-order chi connectivity index (χ1) is 14.2. The predicted molar refractivity (Wildman–Crippen MR) is 121 cm³/mol. The number of ether oxygens (including phenoxy) is 1. The molecule has 4 N–H and O–H groups in total. The molecule has 29 heavy (non-hydrogen) atoms. The highest BCUT2D eigenvalue weighted by atomic mass is 32.2. The predicted octanol–water partition coefficient (Wildman–Crippen LogP) is 4.10. The van der Waals surface area contributed by atoms with Crippen molar-refractivity contribution >= 4 is 46.3 Å². The van der Waals surface area contributed by atoms with E-state index < -0.39 is 0 Å². The van der Waals surface area contributed by atoms with E-state index in [0.717, 1.165) is 48.4 Å². The highest BCUT2D eigenvalue weighted by Gasteiger charge is 2.11. The van der Waals surface area contributed by atoms with Crippen LogP contribution in [0.15, 0.2) is 59.6 Å². The average Bonchev–Trinajstić information content (AvgIpc) is 2.75. The molecule has 0 bridgehead atoms. The van der Waals surface area contributed by atoms with E-state index in [0.29, 0.717) is 11.6 Å². The zero-order chi connectivity index (χ0) is 20.1. The number of nitrogens with two attached hydrogens (primary N) is 1. The van der Waals surface area contributed by atoms with E-state index in [9.17, 15) is 0 Å². The lowest BCUT2D eigenvalue weighted by molar-refractivity contribution is 0.122. The Morgan fingerprint density at radius 3 is 2.55 bits per heavy atom. The summed E-state index contributed by atoms with van der Waals surface area (Å²) in [4.78, 5) is 12.4. The summed E-state index contributed by atoms with van der Waals surface area (Å²) in [6.07, 6.45) is 3.82. The normalized spacial score (nSPS) is 13.9. The number of hydrogen-bond donors (Lipinski definition) is 3. The van der Waals surface area contributed by atoms with E-state index >= 15 is 0 Å². The van der Waals surface area contributed by atoms with Gasteiger partial charge in [0, 0.05) is 42.0 Å². The van der Waals surface area contributed by atoms with Gasteiger partial charge in [0.25, 0.3) is 0 Å². The minimum absolute atomic E-state index is 0.535. The Kier molecular flexibility index (Phi) is 6.02. The maximum absolute atomic E-state index is 5.88. The molecule has 7 nitrogen and oxygen atoms in total. The third kappa shape index (κ3) is 4.90. The van der Waals surface area contributed by atoms with Gasteiger partial charge in [0.2, 0.25) is 5.95 Å². The Balaban J connectivity index is 1.49. The Morgan fingerprint density at radius 1 is 1.03 bits per heavy atom. The molecule has 1 aliphatic heterocycles. The van der Waals surface area contributed by atoms with Crippen LogP contribution in [-0.4, -0.2) is 42.5 Å². The molecule has 3 aromatic rings. The number of morpholine rings is 1. The fraction of sp³-hybridized carbons (Fsp3) is 0.238. The number of nitrogens with zero attached hydrogens (tertiary/aromatic N) is 3. The summed E-state index contributed by atoms with van der Waals surface area (Å²) in [5, 5.41) is 6.62. The van der Waals surface area contributed by atoms with Crippen molar-refractivity contribution in [3.05, 3.63) is 54.7 Å². The molecule has 0 radical (unpaired) electrons. The number of nitrogen functional groups attached to an aromatic ring is 1. The first-order valence-corrected chi connectivity index (χ1v) is 10.7. The molecular formula is C21H24N6OS. The van der Waals surface area contributed by atoms with Crippen LogP contribution in [0.2, 0.25) is 0 Å². The van der Waals surface area contributed by atoms with Crippen molar-refractivity contribution in [2.45, 2.75) is 4.90 Å². The van der Waals surface area contributed by atoms with Crippen molar-refractivity contribution in [3.63, 3.8) is 0 Å². The second-order valence-electron chi connectivity index (χ2n) is 6.63. The summed E-state index contributed by atoms with van der Waals surface area (Å²) < 4.78 is 5.42. The zero-order valence-corrected chi connectivity index (χ0v) is 17.1. The molecule has 0 unspecified atom stereocenters. The first-order valence-electron chi connectivity index (χ1n) is 9.44. The molecule has 1 saturated heterocycles. The van der Waals surface area contributed by atoms with Crippen LogP contribution in [-0.2, 0) is 4.74 Å². The van der Waals surface area contributed by atoms with Crippen LogP contribution in [0.5, 0.6) is 0 Å². The molecule has 0 spiro atoms. The fourth-order valence-corrected chi connectivity index (χ4v) is 3.58. The Hall–Kier alpha value is -2.97. The van der Waals surface area contributed by atoms with Gasteiger partial charge in [-0.05, 0) is 48.7 Å². The van der Waals surface area contributed by atoms with Crippen LogP contribution in [0.3, 0.4) is 0 Å². The van der Waals surface area contributed by atoms with E-state index in [4.69, 9.17) is 10.5 Å². The summed E-state index contributed by atoms with van der Waals surface area (Å²) in [5.41, 5.74) is 9.61. The second-order valence-corrected chi connectivity index (χ2v) is 7.48. The Morgan fingerprint density at radius 2 is 1.83 bits per heavy atom. The number of anilines is 6. The number of benzene rings is 2. The second kappa shape index (κ2) is 9.02. The van der Waals surface area contributed by atoms with Gasteiger partial charge in [-0.2, -0.15) is 4.98 Å². The molecule has 2 heterocycles. The SMILES string of the molecule is CSc1cnc(Nc2ccc(N3CCOCC3)cc2)nc1Nc1cccc(N)c1. The maximum Gasteiger partial charge on any atom is 0.229 e. The molecule has 1 aliphatic rings. The first kappa shape index (κ1) is 19.4. The Bertz CT molecular complexity index is 960. The monoisotopic (exact) mass is 408 g/mol. The largest absolute Gasteiger partial charge is 0.399 e. The molecule has 2 aromatic carbocycles. The lowest BCUT2D eigenvalue weighted by Crippen LogP contribution is -2.36. The van der Waals surface area contributed by atoms with E-state index in [1.54, 1.807) is 11.8 Å². The van der Waals surface area contributed by atoms with Crippen molar-refractivity contribution in [2.24, 2.45) is 0 Å². The van der Waals surface area contributed by atoms with Crippen molar-refractivity contribution in [2.75, 3.05) is 53.8 Å². The summed E-state index contributed by atoms with van der Waals surface area (Å²) >= 11 is 1.59. The number of hydrogen-bond acceptors (Lipinski definition) is 8. The van der Waals surface area contributed by atoms with Crippen LogP contribution in [0.25, 0.3) is 0 Å². The summed E-state index contributed by atoms with van der Waals surface area (Å²) in [5.74, 6) is 1.28. The van der Waals surface area contributed by atoms with Gasteiger partial charge < -0.3 is 26.0 Å². The molecule has 1 aromatic heterocycles. The van der Waals surface area contributed by atoms with Crippen molar-refractivity contribution < 1.29 is 4.74 Å². The molecular weight excluding hydrogens is 384 g/mol. The highest BCUT2D eigenvalue weighted by molar-refractivity contribution is 7.98. The quantitative estimate of drug-likeness (QED) is 0.415. The molecule has 0 amide bonds. The highest BCUT2D eigenvalue weighted by Crippen LogP contribution is 2.28. The lowest BCUT2D eigenvalue weighted by Gasteiger charge is -2.28. The van der Waals surface area contributed by atoms with Crippen molar-refractivity contribution in [1.29, 1.82) is 0 Å². The number of rotatable bonds is 6. The van der Waals surface area contributed by atoms with E-state index in [1.165, 1.54) is 5.69 Å². The summed E-state index contributed by atoms with van der Waals surface area (Å²) in [6, 6.07) is 15.9. The van der Waals surface area contributed by atoms with Gasteiger partial charge in [0.1, 0.15) is 5.82 Å². The van der Waals surface area contributed by atoms with Gasteiger partial charge in [-0.1, -0.05) is 6.07 Å². The van der Waals surface area contributed by atoms with Crippen molar-refractivity contribution in [3.8, 4) is 0 Å². The van der Waals surface area contributed by atoms with Gasteiger partial charge in [-0.25, -0.2) is 4.98 Å². The standard InChI is InChI=1S/C21H24N6OS/c1-29-19-14-23-21(26-20(19)24-17-4-2-3-15(22)13-17)25-16-5-7-18(8-6-16)27-9-11-28-12-10-27/h2-8,13-14H,9-12,22H2,1H3,(H2,23,24,25,26). The summed E-state index contributed by atoms with van der Waals surface area (Å²) in [7, 11) is 0.